The van der Waals surface area contributed by atoms with Gasteiger partial charge in [0.1, 0.15) is 59.0 Å². The SMILES string of the molecule is CC(=O)NC(=O)[C@H](Cc1ccc(O)cc1)NC(=O)[C@H](Cc1ccc(O)cc1)NC(=O)[C@H](Cc1ccc(O)cc1)NC(=O)[C@H](Cc1ccc(O)cc1)NC(=O)[C@H](Cc1ccc(O)cc1)NC(C)=O. The summed E-state index contributed by atoms with van der Waals surface area (Å²) in [5.74, 6) is -5.73. The van der Waals surface area contributed by atoms with Crippen LogP contribution in [-0.4, -0.2) is 97.1 Å². The van der Waals surface area contributed by atoms with Crippen molar-refractivity contribution in [2.75, 3.05) is 0 Å². The van der Waals surface area contributed by atoms with Crippen LogP contribution < -0.4 is 31.9 Å². The van der Waals surface area contributed by atoms with Gasteiger partial charge < -0.3 is 52.1 Å². The Bertz CT molecular complexity index is 2520. The van der Waals surface area contributed by atoms with E-state index in [4.69, 9.17) is 0 Å². The lowest BCUT2D eigenvalue weighted by atomic mass is 9.99. The quantitative estimate of drug-likeness (QED) is 0.0534. The van der Waals surface area contributed by atoms with Crippen molar-refractivity contribution in [1.82, 2.24) is 31.9 Å². The fraction of sp³-hybridized carbons (Fsp3) is 0.245. The number of carbonyl (C=O) groups excluding carboxylic acids is 7. The second-order valence-electron chi connectivity index (χ2n) is 15.9. The van der Waals surface area contributed by atoms with Crippen molar-refractivity contribution in [3.05, 3.63) is 149 Å². The van der Waals surface area contributed by atoms with Gasteiger partial charge in [0, 0.05) is 46.0 Å². The maximum Gasteiger partial charge on any atom is 0.249 e. The molecule has 0 saturated carbocycles. The third-order valence-corrected chi connectivity index (χ3v) is 10.4. The van der Waals surface area contributed by atoms with Crippen LogP contribution in [0.4, 0.5) is 0 Å². The number of amides is 7. The number of rotatable bonds is 20. The summed E-state index contributed by atoms with van der Waals surface area (Å²) in [6.07, 6.45) is -0.708. The third kappa shape index (κ3) is 16.0. The van der Waals surface area contributed by atoms with Gasteiger partial charge in [-0.05, 0) is 88.5 Å². The van der Waals surface area contributed by atoms with Crippen molar-refractivity contribution in [3.8, 4) is 28.7 Å². The Morgan fingerprint density at radius 1 is 0.313 bits per heavy atom. The molecule has 0 spiro atoms. The van der Waals surface area contributed by atoms with Gasteiger partial charge in [-0.1, -0.05) is 60.7 Å². The molecule has 0 aliphatic heterocycles. The van der Waals surface area contributed by atoms with E-state index in [1.807, 2.05) is 0 Å². The smallest absolute Gasteiger partial charge is 0.249 e. The van der Waals surface area contributed by atoms with Gasteiger partial charge in [-0.15, -0.1) is 0 Å². The van der Waals surface area contributed by atoms with Crippen LogP contribution in [0.15, 0.2) is 121 Å². The molecule has 0 radical (unpaired) electrons. The van der Waals surface area contributed by atoms with Crippen LogP contribution >= 0.6 is 0 Å². The second-order valence-corrected chi connectivity index (χ2v) is 15.9. The largest absolute Gasteiger partial charge is 0.508 e. The molecule has 11 N–H and O–H groups in total. The molecule has 350 valence electrons. The Kier molecular flexibility index (Phi) is 17.4. The van der Waals surface area contributed by atoms with Gasteiger partial charge in [0.25, 0.3) is 0 Å². The van der Waals surface area contributed by atoms with Crippen LogP contribution in [0.25, 0.3) is 0 Å². The number of benzene rings is 5. The molecule has 5 rings (SSSR count). The predicted molar refractivity (Wildman–Crippen MR) is 243 cm³/mol. The van der Waals surface area contributed by atoms with Gasteiger partial charge >= 0.3 is 0 Å². The lowest BCUT2D eigenvalue weighted by molar-refractivity contribution is -0.135. The molecule has 0 saturated heterocycles. The molecule has 5 aromatic rings. The Balaban J connectivity index is 1.47. The lowest BCUT2D eigenvalue weighted by Gasteiger charge is -2.27. The lowest BCUT2D eigenvalue weighted by Crippen LogP contribution is -2.60. The average Bonchev–Trinajstić information content (AvgIpc) is 3.28. The molecular weight excluding hydrogens is 865 g/mol. The zero-order valence-electron chi connectivity index (χ0n) is 36.6. The number of hydrogen-bond donors (Lipinski definition) is 11. The third-order valence-electron chi connectivity index (χ3n) is 10.4. The summed E-state index contributed by atoms with van der Waals surface area (Å²) in [4.78, 5) is 94.8. The van der Waals surface area contributed by atoms with Crippen molar-refractivity contribution in [3.63, 3.8) is 0 Å². The summed E-state index contributed by atoms with van der Waals surface area (Å²) in [6.45, 7) is 2.34. The van der Waals surface area contributed by atoms with Crippen molar-refractivity contribution >= 4 is 41.4 Å². The monoisotopic (exact) mass is 916 g/mol. The number of nitrogens with one attached hydrogen (secondary N) is 6. The number of hydrogen-bond acceptors (Lipinski definition) is 12. The van der Waals surface area contributed by atoms with Crippen molar-refractivity contribution in [2.24, 2.45) is 0 Å². The standard InChI is InChI=1S/C49H52N6O12/c1-28(56)50-40(23-30-3-13-35(58)14-4-30)46(64)53-42(25-32-7-17-37(60)18-8-32)48(66)55-44(27-34-11-21-39(62)22-12-34)49(67)54-43(26-33-9-19-38(61)20-10-33)47(65)52-41(45(63)51-29(2)57)24-31-5-15-36(59)16-6-31/h3-22,40-44,58-62H,23-27H2,1-2H3,(H,50,56)(H,52,65)(H,53,64)(H,54,67)(H,55,66)(H,51,57,63)/t40-,41-,42-,43-,44-/m0/s1. The summed E-state index contributed by atoms with van der Waals surface area (Å²) in [5, 5.41) is 65.0. The number of imide groups is 1. The van der Waals surface area contributed by atoms with Crippen molar-refractivity contribution < 1.29 is 59.1 Å². The molecule has 18 nitrogen and oxygen atoms in total. The Morgan fingerprint density at radius 3 is 0.701 bits per heavy atom. The normalized spacial score (nSPS) is 13.0. The first-order valence-electron chi connectivity index (χ1n) is 21.1. The maximum atomic E-state index is 14.6. The highest BCUT2D eigenvalue weighted by Crippen LogP contribution is 2.18. The molecule has 0 aliphatic carbocycles. The average molecular weight is 917 g/mol. The fourth-order valence-corrected chi connectivity index (χ4v) is 6.98. The van der Waals surface area contributed by atoms with Crippen LogP contribution in [0.1, 0.15) is 41.7 Å². The van der Waals surface area contributed by atoms with Crippen LogP contribution in [-0.2, 0) is 65.7 Å². The molecule has 18 heteroatoms. The van der Waals surface area contributed by atoms with E-state index in [1.54, 1.807) is 12.1 Å². The zero-order chi connectivity index (χ0) is 48.6. The maximum absolute atomic E-state index is 14.6. The van der Waals surface area contributed by atoms with E-state index in [0.29, 0.717) is 27.8 Å². The Morgan fingerprint density at radius 2 is 0.507 bits per heavy atom. The minimum absolute atomic E-state index is 0.0139. The van der Waals surface area contributed by atoms with Crippen LogP contribution in [0.2, 0.25) is 0 Å². The summed E-state index contributed by atoms with van der Waals surface area (Å²) < 4.78 is 0. The van der Waals surface area contributed by atoms with Gasteiger partial charge in [-0.25, -0.2) is 0 Å². The zero-order valence-corrected chi connectivity index (χ0v) is 36.6. The summed E-state index contributed by atoms with van der Waals surface area (Å²) in [6, 6.07) is 22.3. The summed E-state index contributed by atoms with van der Waals surface area (Å²) >= 11 is 0. The van der Waals surface area contributed by atoms with Crippen LogP contribution in [0.5, 0.6) is 28.7 Å². The molecule has 0 aliphatic rings. The van der Waals surface area contributed by atoms with Gasteiger partial charge in [0.15, 0.2) is 0 Å². The van der Waals surface area contributed by atoms with Crippen molar-refractivity contribution in [2.45, 2.75) is 76.2 Å². The van der Waals surface area contributed by atoms with E-state index in [-0.39, 0.29) is 60.9 Å². The highest BCUT2D eigenvalue weighted by Gasteiger charge is 2.33. The topological polar surface area (TPSA) is 293 Å². The number of phenols is 5. The molecule has 0 unspecified atom stereocenters. The van der Waals surface area contributed by atoms with Crippen LogP contribution in [0.3, 0.4) is 0 Å². The first-order valence-corrected chi connectivity index (χ1v) is 21.1. The highest BCUT2D eigenvalue weighted by molar-refractivity contribution is 6.00. The molecule has 0 aromatic heterocycles. The molecule has 67 heavy (non-hydrogen) atoms. The van der Waals surface area contributed by atoms with E-state index in [1.165, 1.54) is 116 Å². The van der Waals surface area contributed by atoms with E-state index in [2.05, 4.69) is 31.9 Å². The molecule has 5 aromatic carbocycles. The minimum atomic E-state index is -1.47. The first kappa shape index (κ1) is 49.6. The van der Waals surface area contributed by atoms with Gasteiger partial charge in [0.2, 0.25) is 41.4 Å². The van der Waals surface area contributed by atoms with Crippen LogP contribution in [0, 0.1) is 0 Å². The molecule has 7 amide bonds. The Hall–Kier alpha value is -8.41. The molecule has 0 heterocycles. The minimum Gasteiger partial charge on any atom is -0.508 e. The molecular formula is C49H52N6O12. The Labute approximate surface area is 385 Å². The number of phenolic OH excluding ortho intramolecular Hbond substituents is 5. The molecule has 0 bridgehead atoms. The van der Waals surface area contributed by atoms with Gasteiger partial charge in [-0.3, -0.25) is 38.9 Å². The van der Waals surface area contributed by atoms with E-state index in [9.17, 15) is 59.1 Å². The summed E-state index contributed by atoms with van der Waals surface area (Å²) in [5.41, 5.74) is 2.52. The number of carbonyl (C=O) groups is 7. The van der Waals surface area contributed by atoms with Crippen molar-refractivity contribution in [1.29, 1.82) is 0 Å². The van der Waals surface area contributed by atoms with E-state index >= 15 is 0 Å². The van der Waals surface area contributed by atoms with E-state index < -0.39 is 71.6 Å². The predicted octanol–water partition coefficient (Wildman–Crippen LogP) is 1.83. The molecule has 5 atom stereocenters. The first-order chi connectivity index (χ1) is 31.9. The fourth-order valence-electron chi connectivity index (χ4n) is 6.98. The second kappa shape index (κ2) is 23.5. The summed E-state index contributed by atoms with van der Waals surface area (Å²) in [7, 11) is 0. The van der Waals surface area contributed by atoms with Gasteiger partial charge in [-0.2, -0.15) is 0 Å². The van der Waals surface area contributed by atoms with Gasteiger partial charge in [0.05, 0.1) is 0 Å². The van der Waals surface area contributed by atoms with E-state index in [0.717, 1.165) is 6.92 Å². The number of aromatic hydroxyl groups is 5. The highest BCUT2D eigenvalue weighted by atomic mass is 16.3. The molecule has 0 fully saturated rings.